The highest BCUT2D eigenvalue weighted by Gasteiger charge is 2.09. The lowest BCUT2D eigenvalue weighted by Gasteiger charge is -2.22. The van der Waals surface area contributed by atoms with Gasteiger partial charge in [0.15, 0.2) is 0 Å². The minimum absolute atomic E-state index is 0.0301. The zero-order valence-corrected chi connectivity index (χ0v) is 12.0. The number of carbonyl (C=O) groups excluding carboxylic acids is 1. The summed E-state index contributed by atoms with van der Waals surface area (Å²) in [6, 6.07) is 8.10. The van der Waals surface area contributed by atoms with Gasteiger partial charge < -0.3 is 10.2 Å². The average molecular weight is 281 g/mol. The van der Waals surface area contributed by atoms with Gasteiger partial charge in [0.2, 0.25) is 5.91 Å². The molecule has 2 rings (SSSR count). The van der Waals surface area contributed by atoms with Crippen LogP contribution in [-0.2, 0) is 4.79 Å². The fourth-order valence-electron chi connectivity index (χ4n) is 2.39. The molecule has 0 radical (unpaired) electrons. The lowest BCUT2D eigenvalue weighted by Crippen LogP contribution is -2.23. The van der Waals surface area contributed by atoms with E-state index in [-0.39, 0.29) is 5.91 Å². The van der Waals surface area contributed by atoms with Crippen LogP contribution in [0.1, 0.15) is 32.1 Å². The van der Waals surface area contributed by atoms with Crippen LogP contribution in [0, 0.1) is 0 Å². The molecular weight excluding hydrogens is 260 g/mol. The Morgan fingerprint density at radius 3 is 2.32 bits per heavy atom. The smallest absolute Gasteiger partial charge is 0.225 e. The molecule has 1 saturated heterocycles. The number of anilines is 2. The first-order valence-corrected chi connectivity index (χ1v) is 7.54. The monoisotopic (exact) mass is 280 g/mol. The number of hydrogen-bond acceptors (Lipinski definition) is 2. The zero-order chi connectivity index (χ0) is 13.5. The van der Waals surface area contributed by atoms with Gasteiger partial charge in [-0.2, -0.15) is 0 Å². The lowest BCUT2D eigenvalue weighted by molar-refractivity contribution is -0.115. The van der Waals surface area contributed by atoms with Crippen LogP contribution in [0.5, 0.6) is 0 Å². The van der Waals surface area contributed by atoms with Crippen molar-refractivity contribution in [3.8, 4) is 0 Å². The molecule has 1 fully saturated rings. The van der Waals surface area contributed by atoms with E-state index in [2.05, 4.69) is 22.3 Å². The molecule has 104 valence electrons. The number of halogens is 1. The summed E-state index contributed by atoms with van der Waals surface area (Å²) in [4.78, 5) is 13.9. The number of alkyl halides is 1. The van der Waals surface area contributed by atoms with Gasteiger partial charge in [0.05, 0.1) is 0 Å². The number of rotatable bonds is 4. The number of nitrogens with one attached hydrogen (secondary N) is 1. The Bertz CT molecular complexity index is 397. The van der Waals surface area contributed by atoms with Crippen molar-refractivity contribution < 1.29 is 4.79 Å². The van der Waals surface area contributed by atoms with E-state index in [1.807, 2.05) is 12.1 Å². The Labute approximate surface area is 119 Å². The summed E-state index contributed by atoms with van der Waals surface area (Å²) in [5, 5.41) is 2.84. The van der Waals surface area contributed by atoms with Gasteiger partial charge in [-0.15, -0.1) is 11.6 Å². The topological polar surface area (TPSA) is 32.3 Å². The van der Waals surface area contributed by atoms with Crippen molar-refractivity contribution in [3.05, 3.63) is 24.3 Å². The van der Waals surface area contributed by atoms with E-state index in [0.717, 1.165) is 18.8 Å². The van der Waals surface area contributed by atoms with E-state index in [9.17, 15) is 4.79 Å². The van der Waals surface area contributed by atoms with Gasteiger partial charge in [-0.05, 0) is 37.1 Å². The van der Waals surface area contributed by atoms with Gasteiger partial charge in [0, 0.05) is 36.8 Å². The maximum absolute atomic E-state index is 11.4. The second kappa shape index (κ2) is 7.39. The number of nitrogens with zero attached hydrogens (tertiary/aromatic N) is 1. The fraction of sp³-hybridized carbons (Fsp3) is 0.533. The molecule has 0 atom stereocenters. The molecule has 1 aromatic rings. The Hall–Kier alpha value is -1.22. The molecule has 0 spiro atoms. The van der Waals surface area contributed by atoms with Crippen molar-refractivity contribution in [2.24, 2.45) is 0 Å². The van der Waals surface area contributed by atoms with Crippen LogP contribution in [0.15, 0.2) is 24.3 Å². The lowest BCUT2D eigenvalue weighted by atomic mass is 10.2. The third-order valence-electron chi connectivity index (χ3n) is 3.44. The van der Waals surface area contributed by atoms with Gasteiger partial charge in [-0.25, -0.2) is 0 Å². The molecule has 3 nitrogen and oxygen atoms in total. The molecule has 1 heterocycles. The van der Waals surface area contributed by atoms with Gasteiger partial charge in [0.1, 0.15) is 0 Å². The molecule has 0 saturated carbocycles. The van der Waals surface area contributed by atoms with Crippen molar-refractivity contribution in [3.63, 3.8) is 0 Å². The molecule has 0 aliphatic carbocycles. The van der Waals surface area contributed by atoms with Gasteiger partial charge in [-0.3, -0.25) is 4.79 Å². The van der Waals surface area contributed by atoms with E-state index < -0.39 is 0 Å². The van der Waals surface area contributed by atoms with Crippen LogP contribution in [-0.4, -0.2) is 24.9 Å². The third-order valence-corrected chi connectivity index (χ3v) is 3.63. The SMILES string of the molecule is O=C(CCCl)Nc1ccc(N2CCCCCC2)cc1. The van der Waals surface area contributed by atoms with Crippen LogP contribution < -0.4 is 10.2 Å². The van der Waals surface area contributed by atoms with Crippen LogP contribution >= 0.6 is 11.6 Å². The quantitative estimate of drug-likeness (QED) is 0.854. The largest absolute Gasteiger partial charge is 0.372 e. The molecule has 19 heavy (non-hydrogen) atoms. The van der Waals surface area contributed by atoms with Gasteiger partial charge in [-0.1, -0.05) is 12.8 Å². The molecule has 1 amide bonds. The Kier molecular flexibility index (Phi) is 5.52. The summed E-state index contributed by atoms with van der Waals surface area (Å²) < 4.78 is 0. The minimum Gasteiger partial charge on any atom is -0.372 e. The van der Waals surface area contributed by atoms with Crippen molar-refractivity contribution in [2.75, 3.05) is 29.2 Å². The van der Waals surface area contributed by atoms with Crippen molar-refractivity contribution in [1.29, 1.82) is 0 Å². The Morgan fingerprint density at radius 2 is 1.74 bits per heavy atom. The van der Waals surface area contributed by atoms with E-state index >= 15 is 0 Å². The molecule has 1 N–H and O–H groups in total. The summed E-state index contributed by atoms with van der Waals surface area (Å²) in [6.07, 6.45) is 5.57. The maximum Gasteiger partial charge on any atom is 0.225 e. The molecule has 0 unspecified atom stereocenters. The predicted molar refractivity (Wildman–Crippen MR) is 81.1 cm³/mol. The standard InChI is InChI=1S/C15H21ClN2O/c16-10-9-15(19)17-13-5-7-14(8-6-13)18-11-3-1-2-4-12-18/h5-8H,1-4,9-12H2,(H,17,19). The summed E-state index contributed by atoms with van der Waals surface area (Å²) >= 11 is 5.54. The molecule has 4 heteroatoms. The van der Waals surface area contributed by atoms with Gasteiger partial charge >= 0.3 is 0 Å². The van der Waals surface area contributed by atoms with Crippen molar-refractivity contribution >= 4 is 28.9 Å². The van der Waals surface area contributed by atoms with Gasteiger partial charge in [0.25, 0.3) is 0 Å². The van der Waals surface area contributed by atoms with E-state index in [1.54, 1.807) is 0 Å². The maximum atomic E-state index is 11.4. The van der Waals surface area contributed by atoms with Crippen molar-refractivity contribution in [1.82, 2.24) is 0 Å². The molecule has 1 aromatic carbocycles. The fourth-order valence-corrected chi connectivity index (χ4v) is 2.57. The van der Waals surface area contributed by atoms with Crippen LogP contribution in [0.4, 0.5) is 11.4 Å². The molecule has 1 aliphatic heterocycles. The van der Waals surface area contributed by atoms with E-state index in [1.165, 1.54) is 31.4 Å². The Balaban J connectivity index is 1.95. The zero-order valence-electron chi connectivity index (χ0n) is 11.2. The normalized spacial score (nSPS) is 15.9. The minimum atomic E-state index is -0.0301. The van der Waals surface area contributed by atoms with E-state index in [0.29, 0.717) is 12.3 Å². The second-order valence-electron chi connectivity index (χ2n) is 4.94. The predicted octanol–water partition coefficient (Wildman–Crippen LogP) is 3.63. The summed E-state index contributed by atoms with van der Waals surface area (Å²) in [5.74, 6) is 0.329. The molecular formula is C15H21ClN2O. The number of hydrogen-bond donors (Lipinski definition) is 1. The first-order chi connectivity index (χ1) is 9.29. The van der Waals surface area contributed by atoms with E-state index in [4.69, 9.17) is 11.6 Å². The van der Waals surface area contributed by atoms with Crippen molar-refractivity contribution in [2.45, 2.75) is 32.1 Å². The average Bonchev–Trinajstić information content (AvgIpc) is 2.69. The van der Waals surface area contributed by atoms with Crippen LogP contribution in [0.25, 0.3) is 0 Å². The first kappa shape index (κ1) is 14.2. The molecule has 0 aromatic heterocycles. The third kappa shape index (κ3) is 4.43. The highest BCUT2D eigenvalue weighted by Crippen LogP contribution is 2.21. The summed E-state index contributed by atoms with van der Waals surface area (Å²) in [6.45, 7) is 2.27. The number of carbonyl (C=O) groups is 1. The summed E-state index contributed by atoms with van der Waals surface area (Å²) in [7, 11) is 0. The van der Waals surface area contributed by atoms with Crippen LogP contribution in [0.3, 0.4) is 0 Å². The highest BCUT2D eigenvalue weighted by molar-refractivity contribution is 6.19. The highest BCUT2D eigenvalue weighted by atomic mass is 35.5. The second-order valence-corrected chi connectivity index (χ2v) is 5.31. The number of benzene rings is 1. The first-order valence-electron chi connectivity index (χ1n) is 7.00. The Morgan fingerprint density at radius 1 is 1.11 bits per heavy atom. The number of amides is 1. The molecule has 1 aliphatic rings. The van der Waals surface area contributed by atoms with Crippen LogP contribution in [0.2, 0.25) is 0 Å². The molecule has 0 bridgehead atoms. The summed E-state index contributed by atoms with van der Waals surface area (Å²) in [5.41, 5.74) is 2.09.